The van der Waals surface area contributed by atoms with E-state index in [-0.39, 0.29) is 0 Å². The molecule has 0 unspecified atom stereocenters. The first-order valence-corrected chi connectivity index (χ1v) is 24.7. The highest BCUT2D eigenvalue weighted by Crippen LogP contribution is 2.45. The molecular weight excluding hydrogens is 877 g/mol. The van der Waals surface area contributed by atoms with Crippen LogP contribution in [-0.4, -0.2) is 20.7 Å². The molecule has 0 fully saturated rings. The zero-order chi connectivity index (χ0) is 47.0. The van der Waals surface area contributed by atoms with Crippen molar-refractivity contribution in [1.29, 1.82) is 0 Å². The third kappa shape index (κ3) is 5.76. The molecule has 11 aromatic carbocycles. The molecule has 0 saturated heterocycles. The fraction of sp³-hybridized carbons (Fsp3) is 0.0149. The summed E-state index contributed by atoms with van der Waals surface area (Å²) in [6.45, 7) is 0. The van der Waals surface area contributed by atoms with Gasteiger partial charge in [-0.15, -0.1) is 0 Å². The van der Waals surface area contributed by atoms with Gasteiger partial charge in [-0.2, -0.15) is 0 Å². The van der Waals surface area contributed by atoms with E-state index in [0.717, 1.165) is 116 Å². The number of aromatic nitrogens is 2. The quantitative estimate of drug-likeness (QED) is 0.173. The maximum absolute atomic E-state index is 7.02. The Bertz CT molecular complexity index is 4740. The van der Waals surface area contributed by atoms with Crippen molar-refractivity contribution in [1.82, 2.24) is 9.13 Å². The number of aliphatic imine (C=N–C) groups is 2. The molecule has 0 N–H and O–H groups in total. The molecule has 5 heteroatoms. The number of amidine groups is 1. The molecule has 0 aliphatic carbocycles. The molecule has 3 aromatic heterocycles. The Kier molecular flexibility index (Phi) is 8.16. The van der Waals surface area contributed by atoms with Gasteiger partial charge in [-0.05, 0) is 111 Å². The minimum atomic E-state index is 0.539. The largest absolute Gasteiger partial charge is 0.455 e. The Morgan fingerprint density at radius 3 is 1.83 bits per heavy atom. The van der Waals surface area contributed by atoms with Gasteiger partial charge in [0, 0.05) is 66.5 Å². The van der Waals surface area contributed by atoms with Gasteiger partial charge >= 0.3 is 0 Å². The predicted molar refractivity (Wildman–Crippen MR) is 300 cm³/mol. The smallest absolute Gasteiger partial charge is 0.160 e. The highest BCUT2D eigenvalue weighted by Gasteiger charge is 2.29. The third-order valence-corrected chi connectivity index (χ3v) is 15.3. The fourth-order valence-electron chi connectivity index (χ4n) is 11.9. The summed E-state index contributed by atoms with van der Waals surface area (Å²) in [5.74, 6) is 0.660. The van der Waals surface area contributed by atoms with Crippen LogP contribution in [0.4, 0.5) is 0 Å². The first kappa shape index (κ1) is 39.3. The topological polar surface area (TPSA) is 47.7 Å². The number of furan rings is 1. The van der Waals surface area contributed by atoms with E-state index in [1.54, 1.807) is 0 Å². The van der Waals surface area contributed by atoms with E-state index < -0.39 is 0 Å². The average Bonchev–Trinajstić information content (AvgIpc) is 4.04. The number of benzene rings is 11. The van der Waals surface area contributed by atoms with E-state index in [1.165, 1.54) is 32.5 Å². The maximum Gasteiger partial charge on any atom is 0.160 e. The lowest BCUT2D eigenvalue weighted by Gasteiger charge is -2.16. The molecule has 16 rings (SSSR count). The predicted octanol–water partition coefficient (Wildman–Crippen LogP) is 17.3. The van der Waals surface area contributed by atoms with Crippen molar-refractivity contribution in [3.8, 4) is 22.5 Å². The van der Waals surface area contributed by atoms with E-state index in [4.69, 9.17) is 14.4 Å². The summed E-state index contributed by atoms with van der Waals surface area (Å²) < 4.78 is 11.9. The summed E-state index contributed by atoms with van der Waals surface area (Å²) in [5.41, 5.74) is 17.8. The van der Waals surface area contributed by atoms with Crippen LogP contribution in [0.25, 0.3) is 121 Å². The molecule has 0 spiro atoms. The summed E-state index contributed by atoms with van der Waals surface area (Å²) in [7, 11) is 0. The first-order valence-electron chi connectivity index (χ1n) is 24.7. The average molecular weight is 917 g/mol. The number of hydrogen-bond donors (Lipinski definition) is 0. The van der Waals surface area contributed by atoms with Crippen molar-refractivity contribution >= 4 is 110 Å². The van der Waals surface area contributed by atoms with E-state index >= 15 is 0 Å². The minimum Gasteiger partial charge on any atom is -0.455 e. The van der Waals surface area contributed by atoms with E-state index in [1.807, 2.05) is 0 Å². The van der Waals surface area contributed by atoms with Crippen molar-refractivity contribution in [3.05, 3.63) is 253 Å². The van der Waals surface area contributed by atoms with E-state index in [0.29, 0.717) is 12.3 Å². The highest BCUT2D eigenvalue weighted by atomic mass is 16.3. The molecule has 2 aliphatic rings. The van der Waals surface area contributed by atoms with Crippen molar-refractivity contribution in [2.24, 2.45) is 9.98 Å². The van der Waals surface area contributed by atoms with E-state index in [2.05, 4.69) is 240 Å². The maximum atomic E-state index is 7.02. The second kappa shape index (κ2) is 15.0. The summed E-state index contributed by atoms with van der Waals surface area (Å²) >= 11 is 0. The second-order valence-electron chi connectivity index (χ2n) is 19.3. The number of rotatable bonds is 4. The Labute approximate surface area is 413 Å². The number of para-hydroxylation sites is 2. The van der Waals surface area contributed by atoms with Gasteiger partial charge in [-0.3, -0.25) is 0 Å². The molecule has 0 radical (unpaired) electrons. The molecule has 14 aromatic rings. The standard InChI is InChI=1S/C67H40N4O/c1-3-13-40(14-4-1)41-23-25-43(26-24-41)65-53-37-58(68-67(69-65)47-29-32-60-54(34-47)50-21-11-12-22-59(50)70(60)48-18-5-2-6-19-48)57-39-64-56(52-31-27-42-15-9-10-20-49(42)66(52)72-64)38-63(57)71-61-36-46(53)28-30-51(61)55-33-44-16-7-8-17-45(44)35-62(55)71/h1-36,38-39H,37H2. The van der Waals surface area contributed by atoms with Gasteiger partial charge in [0.05, 0.1) is 39.2 Å². The molecule has 0 saturated carbocycles. The Morgan fingerprint density at radius 2 is 0.986 bits per heavy atom. The number of hydrogen-bond acceptors (Lipinski definition) is 3. The van der Waals surface area contributed by atoms with Crippen molar-refractivity contribution < 1.29 is 4.42 Å². The van der Waals surface area contributed by atoms with Crippen molar-refractivity contribution in [3.63, 3.8) is 0 Å². The van der Waals surface area contributed by atoms with Crippen molar-refractivity contribution in [2.75, 3.05) is 0 Å². The van der Waals surface area contributed by atoms with Gasteiger partial charge in [-0.25, -0.2) is 9.98 Å². The first-order chi connectivity index (χ1) is 35.7. The van der Waals surface area contributed by atoms with Crippen LogP contribution < -0.4 is 0 Å². The minimum absolute atomic E-state index is 0.539. The van der Waals surface area contributed by atoms with Gasteiger partial charge in [0.15, 0.2) is 5.84 Å². The highest BCUT2D eigenvalue weighted by molar-refractivity contribution is 6.26. The Morgan fingerprint density at radius 1 is 0.361 bits per heavy atom. The SMILES string of the molecule is c1ccc(-c2ccc(C3=C4CC(=NC(c5ccc6c(c5)c5ccccc5n6-c5ccccc5)=N3)c3cc5oc6c7ccccc7ccc6c5cc3-n3c5cc4ccc5c4cc5ccccc5cc43)cc2)cc1. The van der Waals surface area contributed by atoms with Gasteiger partial charge in [-0.1, -0.05) is 158 Å². The zero-order valence-corrected chi connectivity index (χ0v) is 38.8. The van der Waals surface area contributed by atoms with Crippen LogP contribution in [0.2, 0.25) is 0 Å². The van der Waals surface area contributed by atoms with Crippen LogP contribution in [-0.2, 0) is 0 Å². The number of nitrogens with zero attached hydrogens (tertiary/aromatic N) is 4. The van der Waals surface area contributed by atoms with Crippen LogP contribution in [0.5, 0.6) is 0 Å². The Balaban J connectivity index is 1.02. The normalized spacial score (nSPS) is 13.6. The van der Waals surface area contributed by atoms with Crippen LogP contribution in [0.15, 0.2) is 245 Å². The monoisotopic (exact) mass is 916 g/mol. The lowest BCUT2D eigenvalue weighted by atomic mass is 9.91. The summed E-state index contributed by atoms with van der Waals surface area (Å²) in [5, 5.41) is 11.6. The summed E-state index contributed by atoms with van der Waals surface area (Å²) in [4.78, 5) is 11.6. The van der Waals surface area contributed by atoms with E-state index in [9.17, 15) is 0 Å². The van der Waals surface area contributed by atoms with Crippen LogP contribution in [0, 0.1) is 0 Å². The number of fused-ring (bicyclic) bond motifs is 19. The van der Waals surface area contributed by atoms with Gasteiger partial charge < -0.3 is 13.6 Å². The van der Waals surface area contributed by atoms with Gasteiger partial charge in [0.2, 0.25) is 0 Å². The lowest BCUT2D eigenvalue weighted by Crippen LogP contribution is -2.10. The molecule has 5 heterocycles. The number of allylic oxidation sites excluding steroid dienone is 1. The molecule has 5 nitrogen and oxygen atoms in total. The second-order valence-corrected chi connectivity index (χ2v) is 19.3. The van der Waals surface area contributed by atoms with Crippen LogP contribution in [0.3, 0.4) is 0 Å². The molecule has 72 heavy (non-hydrogen) atoms. The van der Waals surface area contributed by atoms with Gasteiger partial charge in [0.25, 0.3) is 0 Å². The molecule has 2 aliphatic heterocycles. The summed E-state index contributed by atoms with van der Waals surface area (Å²) in [6, 6.07) is 83.6. The van der Waals surface area contributed by atoms with Crippen LogP contribution in [0.1, 0.15) is 28.7 Å². The molecule has 0 amide bonds. The Hall–Kier alpha value is -9.58. The third-order valence-electron chi connectivity index (χ3n) is 15.3. The van der Waals surface area contributed by atoms with Gasteiger partial charge in [0.1, 0.15) is 11.2 Å². The van der Waals surface area contributed by atoms with Crippen LogP contribution >= 0.6 is 0 Å². The zero-order valence-electron chi connectivity index (χ0n) is 38.8. The summed E-state index contributed by atoms with van der Waals surface area (Å²) in [6.07, 6.45) is 0.539. The van der Waals surface area contributed by atoms with Crippen molar-refractivity contribution in [2.45, 2.75) is 6.42 Å². The molecule has 0 atom stereocenters. The fourth-order valence-corrected chi connectivity index (χ4v) is 11.9. The molecule has 334 valence electrons. The molecular formula is C67H40N4O. The molecule has 4 bridgehead atoms. The lowest BCUT2D eigenvalue weighted by molar-refractivity contribution is 0.672.